The van der Waals surface area contributed by atoms with Gasteiger partial charge in [0.2, 0.25) is 0 Å². The highest BCUT2D eigenvalue weighted by Crippen LogP contribution is 2.21. The molecule has 3 heterocycles. The molecule has 0 N–H and O–H groups in total. The van der Waals surface area contributed by atoms with Gasteiger partial charge in [0, 0.05) is 94.6 Å². The molecule has 0 atom stereocenters. The van der Waals surface area contributed by atoms with E-state index >= 15 is 0 Å². The summed E-state index contributed by atoms with van der Waals surface area (Å²) in [7, 11) is 0. The molecule has 0 amide bonds. The quantitative estimate of drug-likeness (QED) is 0.0192. The summed E-state index contributed by atoms with van der Waals surface area (Å²) in [6.07, 6.45) is 37.0. The van der Waals surface area contributed by atoms with Crippen LogP contribution in [0.5, 0.6) is 0 Å². The van der Waals surface area contributed by atoms with Crippen LogP contribution in [0.2, 0.25) is 0 Å². The highest BCUT2D eigenvalue weighted by atomic mass is 79.9. The molecule has 3 aromatic heterocycles. The van der Waals surface area contributed by atoms with Crippen LogP contribution in [0.15, 0.2) is 177 Å². The largest absolute Gasteiger partial charge is 0.205 e. The van der Waals surface area contributed by atoms with Crippen LogP contribution in [0.1, 0.15) is 136 Å². The summed E-state index contributed by atoms with van der Waals surface area (Å²) in [4.78, 5) is 0. The molecule has 0 aliphatic rings. The molecular formula is C69H81Br3N3+3. The summed E-state index contributed by atoms with van der Waals surface area (Å²) in [5.41, 5.74) is 13.1. The zero-order valence-corrected chi connectivity index (χ0v) is 49.4. The molecular weight excluding hydrogens is 1110 g/mol. The predicted octanol–water partition coefficient (Wildman–Crippen LogP) is 17.0. The molecule has 6 heteroatoms. The van der Waals surface area contributed by atoms with Crippen LogP contribution in [0.4, 0.5) is 0 Å². The van der Waals surface area contributed by atoms with Crippen LogP contribution in [0, 0.1) is 23.7 Å². The van der Waals surface area contributed by atoms with E-state index in [-0.39, 0.29) is 0 Å². The first-order valence-electron chi connectivity index (χ1n) is 28.0. The third-order valence-electron chi connectivity index (χ3n) is 13.4. The van der Waals surface area contributed by atoms with Crippen molar-refractivity contribution < 1.29 is 13.7 Å². The SMILES string of the molecule is BrCCCCCc1cc(CCCCCBr)cc(CCCCCBr)c1.C(#Cc1cc(C#CCCC[n+]2cccc(-c3ccccc3)c2)cc(CCCCC[n+]2ccccc2)c1)CCC[n+]1cccc(-c2ccccc2)c1. The highest BCUT2D eigenvalue weighted by molar-refractivity contribution is 9.09. The van der Waals surface area contributed by atoms with Crippen molar-refractivity contribution in [3.05, 3.63) is 210 Å². The number of nitrogens with zero attached hydrogens (tertiary/aromatic N) is 3. The molecule has 75 heavy (non-hydrogen) atoms. The number of benzene rings is 4. The summed E-state index contributed by atoms with van der Waals surface area (Å²) in [6, 6.07) is 50.1. The molecule has 0 aliphatic carbocycles. The van der Waals surface area contributed by atoms with Crippen LogP contribution in [-0.4, -0.2) is 16.0 Å². The van der Waals surface area contributed by atoms with Crippen LogP contribution < -0.4 is 13.7 Å². The molecule has 0 bridgehead atoms. The van der Waals surface area contributed by atoms with Crippen LogP contribution >= 0.6 is 47.8 Å². The van der Waals surface area contributed by atoms with Gasteiger partial charge in [-0.15, -0.1) is 0 Å². The number of pyridine rings is 3. The van der Waals surface area contributed by atoms with E-state index in [1.807, 2.05) is 0 Å². The second-order valence-corrected chi connectivity index (χ2v) is 22.1. The summed E-state index contributed by atoms with van der Waals surface area (Å²) in [6.45, 7) is 2.96. The van der Waals surface area contributed by atoms with Crippen LogP contribution in [-0.2, 0) is 45.3 Å². The molecule has 3 nitrogen and oxygen atoms in total. The zero-order chi connectivity index (χ0) is 52.2. The van der Waals surface area contributed by atoms with Crippen molar-refractivity contribution in [3.63, 3.8) is 0 Å². The van der Waals surface area contributed by atoms with E-state index in [9.17, 15) is 0 Å². The first-order valence-corrected chi connectivity index (χ1v) is 31.4. The molecule has 0 unspecified atom stereocenters. The predicted molar refractivity (Wildman–Crippen MR) is 327 cm³/mol. The van der Waals surface area contributed by atoms with Gasteiger partial charge in [0.05, 0.1) is 0 Å². The Hall–Kier alpha value is -5.11. The monoisotopic (exact) mass is 1190 g/mol. The van der Waals surface area contributed by atoms with Crippen molar-refractivity contribution >= 4 is 47.8 Å². The van der Waals surface area contributed by atoms with Crippen LogP contribution in [0.3, 0.4) is 0 Å². The third kappa shape index (κ3) is 24.2. The number of unbranched alkanes of at least 4 members (excludes halogenated alkanes) is 10. The number of rotatable bonds is 29. The van der Waals surface area contributed by atoms with Crippen molar-refractivity contribution in [1.29, 1.82) is 0 Å². The fourth-order valence-corrected chi connectivity index (χ4v) is 10.6. The van der Waals surface area contributed by atoms with Gasteiger partial charge in [0.1, 0.15) is 19.6 Å². The minimum Gasteiger partial charge on any atom is -0.205 e. The fraction of sp³-hybridized carbons (Fsp3) is 0.377. The third-order valence-corrected chi connectivity index (χ3v) is 15.1. The minimum absolute atomic E-state index is 0.855. The van der Waals surface area contributed by atoms with Crippen molar-refractivity contribution in [2.75, 3.05) is 16.0 Å². The lowest BCUT2D eigenvalue weighted by Gasteiger charge is -2.10. The van der Waals surface area contributed by atoms with Gasteiger partial charge in [-0.25, -0.2) is 13.7 Å². The minimum atomic E-state index is 0.855. The topological polar surface area (TPSA) is 11.6 Å². The smallest absolute Gasteiger partial charge is 0.176 e. The fourth-order valence-electron chi connectivity index (χ4n) is 9.39. The normalized spacial score (nSPS) is 10.7. The van der Waals surface area contributed by atoms with E-state index in [2.05, 4.69) is 262 Å². The van der Waals surface area contributed by atoms with Gasteiger partial charge in [0.25, 0.3) is 0 Å². The molecule has 0 spiro atoms. The van der Waals surface area contributed by atoms with Crippen molar-refractivity contribution in [2.24, 2.45) is 0 Å². The standard InChI is InChI=1S/C48H48N3.C21H33Br3/c1-10-24-45(25-11-1)47-28-19-35-50(40-47)33-15-4-8-22-43-37-42(21-7-3-14-30-49-31-17-6-18-32-49)38-44(39-43)23-9-5-16-34-51-36-20-29-48(41-51)46-26-12-2-13-27-46;22-13-7-1-4-10-19-16-20(11-5-2-8-14-23)18-21(17-19)12-6-3-9-15-24/h1-2,6,10-13,17-20,24-29,31-32,35-41H,3-5,7,14-16,21,30,33-34H2;16-18H,1-15H2/q+3;. The van der Waals surface area contributed by atoms with Gasteiger partial charge in [-0.05, 0) is 141 Å². The molecule has 4 aromatic carbocycles. The Labute approximate surface area is 478 Å². The summed E-state index contributed by atoms with van der Waals surface area (Å²) in [5, 5.41) is 3.41. The summed E-state index contributed by atoms with van der Waals surface area (Å²) < 4.78 is 6.81. The number of halogens is 3. The number of hydrogen-bond donors (Lipinski definition) is 0. The van der Waals surface area contributed by atoms with Gasteiger partial charge >= 0.3 is 0 Å². The Bertz CT molecular complexity index is 2590. The number of hydrogen-bond acceptors (Lipinski definition) is 0. The van der Waals surface area contributed by atoms with E-state index in [1.165, 1.54) is 118 Å². The maximum absolute atomic E-state index is 3.53. The first-order chi connectivity index (χ1) is 37.1. The summed E-state index contributed by atoms with van der Waals surface area (Å²) >= 11 is 10.6. The van der Waals surface area contributed by atoms with Crippen molar-refractivity contribution in [1.82, 2.24) is 0 Å². The van der Waals surface area contributed by atoms with Crippen molar-refractivity contribution in [2.45, 2.75) is 148 Å². The van der Waals surface area contributed by atoms with Gasteiger partial charge in [-0.1, -0.05) is 176 Å². The average molecular weight is 1190 g/mol. The van der Waals surface area contributed by atoms with Crippen molar-refractivity contribution in [3.8, 4) is 45.9 Å². The van der Waals surface area contributed by atoms with Gasteiger partial charge in [-0.3, -0.25) is 0 Å². The average Bonchev–Trinajstić information content (AvgIpc) is 3.45. The lowest BCUT2D eigenvalue weighted by atomic mass is 9.96. The van der Waals surface area contributed by atoms with Gasteiger partial charge in [0.15, 0.2) is 37.2 Å². The lowest BCUT2D eigenvalue weighted by Crippen LogP contribution is -2.32. The maximum Gasteiger partial charge on any atom is 0.176 e. The van der Waals surface area contributed by atoms with Gasteiger partial charge in [-0.2, -0.15) is 0 Å². The van der Waals surface area contributed by atoms with E-state index in [4.69, 9.17) is 0 Å². The maximum atomic E-state index is 3.53. The molecule has 0 saturated heterocycles. The molecule has 390 valence electrons. The molecule has 0 aliphatic heterocycles. The van der Waals surface area contributed by atoms with E-state index in [0.29, 0.717) is 0 Å². The van der Waals surface area contributed by atoms with E-state index in [0.717, 1.165) is 85.3 Å². The number of aryl methyl sites for hydroxylation is 7. The second kappa shape index (κ2) is 36.8. The molecule has 0 fully saturated rings. The molecule has 7 aromatic rings. The zero-order valence-electron chi connectivity index (χ0n) is 44.6. The van der Waals surface area contributed by atoms with Crippen LogP contribution in [0.25, 0.3) is 22.3 Å². The molecule has 0 saturated carbocycles. The second-order valence-electron chi connectivity index (χ2n) is 19.7. The van der Waals surface area contributed by atoms with E-state index in [1.54, 1.807) is 16.7 Å². The Morgan fingerprint density at radius 3 is 1.09 bits per heavy atom. The Morgan fingerprint density at radius 1 is 0.307 bits per heavy atom. The number of aromatic nitrogens is 3. The first kappa shape index (κ1) is 59.1. The molecule has 7 rings (SSSR count). The van der Waals surface area contributed by atoms with E-state index < -0.39 is 0 Å². The Kier molecular flexibility index (Phi) is 29.0. The van der Waals surface area contributed by atoms with Gasteiger partial charge < -0.3 is 0 Å². The Morgan fingerprint density at radius 2 is 0.667 bits per heavy atom. The number of alkyl halides is 3. The molecule has 0 radical (unpaired) electrons. The highest BCUT2D eigenvalue weighted by Gasteiger charge is 2.08. The lowest BCUT2D eigenvalue weighted by molar-refractivity contribution is -0.697. The summed E-state index contributed by atoms with van der Waals surface area (Å²) in [5.74, 6) is 13.9. The Balaban J connectivity index is 0.000000320.